The summed E-state index contributed by atoms with van der Waals surface area (Å²) in [7, 11) is 1.55. The van der Waals surface area contributed by atoms with E-state index in [1.54, 1.807) is 25.3 Å². The summed E-state index contributed by atoms with van der Waals surface area (Å²) >= 11 is 12.4. The van der Waals surface area contributed by atoms with E-state index < -0.39 is 0 Å². The molecule has 0 saturated carbocycles. The highest BCUT2D eigenvalue weighted by Crippen LogP contribution is 2.25. The molecule has 1 aromatic rings. The van der Waals surface area contributed by atoms with Crippen LogP contribution in [-0.4, -0.2) is 23.1 Å². The fourth-order valence-corrected chi connectivity index (χ4v) is 1.81. The van der Waals surface area contributed by atoms with E-state index in [1.165, 1.54) is 0 Å². The Morgan fingerprint density at radius 3 is 2.80 bits per heavy atom. The summed E-state index contributed by atoms with van der Waals surface area (Å²) in [6.07, 6.45) is 0. The van der Waals surface area contributed by atoms with Crippen LogP contribution in [0.1, 0.15) is 10.4 Å². The first-order chi connectivity index (χ1) is 7.10. The van der Waals surface area contributed by atoms with Gasteiger partial charge in [-0.05, 0) is 18.2 Å². The van der Waals surface area contributed by atoms with E-state index in [0.717, 1.165) is 0 Å². The van der Waals surface area contributed by atoms with Crippen molar-refractivity contribution in [1.29, 1.82) is 0 Å². The van der Waals surface area contributed by atoms with Gasteiger partial charge in [-0.2, -0.15) is 0 Å². The SMILES string of the molecule is COc1ccc(Cl)c(C(=O)C(Br)CBr)c1. The number of benzene rings is 1. The molecule has 0 N–H and O–H groups in total. The number of carbonyl (C=O) groups is 1. The van der Waals surface area contributed by atoms with Crippen molar-refractivity contribution in [3.05, 3.63) is 28.8 Å². The third-order valence-electron chi connectivity index (χ3n) is 1.86. The van der Waals surface area contributed by atoms with Gasteiger partial charge in [0.2, 0.25) is 0 Å². The van der Waals surface area contributed by atoms with Crippen LogP contribution in [0.25, 0.3) is 0 Å². The highest BCUT2D eigenvalue weighted by atomic mass is 79.9. The average Bonchev–Trinajstić information content (AvgIpc) is 2.27. The molecule has 5 heteroatoms. The Hall–Kier alpha value is -0.0600. The minimum atomic E-state index is -0.276. The van der Waals surface area contributed by atoms with Crippen molar-refractivity contribution in [3.8, 4) is 5.75 Å². The standard InChI is InChI=1S/C10H9Br2ClO2/c1-15-6-2-3-9(13)7(4-6)10(14)8(12)5-11/h2-4,8H,5H2,1H3. The summed E-state index contributed by atoms with van der Waals surface area (Å²) in [5.41, 5.74) is 0.470. The quantitative estimate of drug-likeness (QED) is 0.608. The van der Waals surface area contributed by atoms with Gasteiger partial charge in [0.25, 0.3) is 0 Å². The highest BCUT2D eigenvalue weighted by molar-refractivity contribution is 9.12. The second kappa shape index (κ2) is 5.87. The topological polar surface area (TPSA) is 26.3 Å². The zero-order valence-electron chi connectivity index (χ0n) is 7.97. The van der Waals surface area contributed by atoms with E-state index in [1.807, 2.05) is 0 Å². The lowest BCUT2D eigenvalue weighted by Gasteiger charge is -2.08. The first-order valence-electron chi connectivity index (χ1n) is 4.18. The fraction of sp³-hybridized carbons (Fsp3) is 0.300. The molecule has 15 heavy (non-hydrogen) atoms. The molecule has 0 radical (unpaired) electrons. The molecule has 0 bridgehead atoms. The Balaban J connectivity index is 3.07. The zero-order chi connectivity index (χ0) is 11.4. The van der Waals surface area contributed by atoms with E-state index in [-0.39, 0.29) is 10.6 Å². The van der Waals surface area contributed by atoms with Gasteiger partial charge in [0.1, 0.15) is 5.75 Å². The summed E-state index contributed by atoms with van der Waals surface area (Å²) < 4.78 is 5.04. The first kappa shape index (κ1) is 13.0. The van der Waals surface area contributed by atoms with Crippen molar-refractivity contribution in [3.63, 3.8) is 0 Å². The molecular formula is C10H9Br2ClO2. The number of ketones is 1. The normalized spacial score (nSPS) is 12.3. The Kier molecular flexibility index (Phi) is 5.09. The Labute approximate surface area is 110 Å². The number of hydrogen-bond acceptors (Lipinski definition) is 2. The molecule has 1 unspecified atom stereocenters. The van der Waals surface area contributed by atoms with Gasteiger partial charge in [0.15, 0.2) is 5.78 Å². The summed E-state index contributed by atoms with van der Waals surface area (Å²) in [6.45, 7) is 0. The summed E-state index contributed by atoms with van der Waals surface area (Å²) in [5, 5.41) is 0.977. The lowest BCUT2D eigenvalue weighted by molar-refractivity contribution is 0.0997. The Bertz CT molecular complexity index is 368. The molecule has 0 aliphatic rings. The molecule has 2 nitrogen and oxygen atoms in total. The number of hydrogen-bond donors (Lipinski definition) is 0. The second-order valence-electron chi connectivity index (χ2n) is 2.83. The van der Waals surface area contributed by atoms with Crippen LogP contribution in [0.15, 0.2) is 18.2 Å². The number of halogens is 3. The van der Waals surface area contributed by atoms with Crippen molar-refractivity contribution in [2.45, 2.75) is 4.83 Å². The van der Waals surface area contributed by atoms with Crippen LogP contribution in [-0.2, 0) is 0 Å². The molecule has 0 aliphatic carbocycles. The van der Waals surface area contributed by atoms with Crippen LogP contribution in [0, 0.1) is 0 Å². The molecule has 1 atom stereocenters. The van der Waals surface area contributed by atoms with Gasteiger partial charge in [0.05, 0.1) is 17.0 Å². The number of rotatable bonds is 4. The third kappa shape index (κ3) is 3.20. The fourth-order valence-electron chi connectivity index (χ4n) is 1.06. The van der Waals surface area contributed by atoms with Crippen LogP contribution in [0.5, 0.6) is 5.75 Å². The monoisotopic (exact) mass is 354 g/mol. The van der Waals surface area contributed by atoms with Crippen LogP contribution in [0.4, 0.5) is 0 Å². The molecular weight excluding hydrogens is 347 g/mol. The maximum atomic E-state index is 11.8. The van der Waals surface area contributed by atoms with E-state index in [0.29, 0.717) is 21.7 Å². The van der Waals surface area contributed by atoms with E-state index in [4.69, 9.17) is 16.3 Å². The predicted molar refractivity (Wildman–Crippen MR) is 68.8 cm³/mol. The lowest BCUT2D eigenvalue weighted by Crippen LogP contribution is -2.15. The molecule has 0 fully saturated rings. The van der Waals surface area contributed by atoms with Gasteiger partial charge in [-0.3, -0.25) is 4.79 Å². The van der Waals surface area contributed by atoms with Crippen LogP contribution >= 0.6 is 43.5 Å². The summed E-state index contributed by atoms with van der Waals surface area (Å²) in [5.74, 6) is 0.563. The number of carbonyl (C=O) groups excluding carboxylic acids is 1. The Morgan fingerprint density at radius 1 is 1.60 bits per heavy atom. The minimum absolute atomic E-state index is 0.0595. The first-order valence-corrected chi connectivity index (χ1v) is 6.59. The van der Waals surface area contributed by atoms with Gasteiger partial charge in [-0.1, -0.05) is 43.5 Å². The van der Waals surface area contributed by atoms with E-state index >= 15 is 0 Å². The van der Waals surface area contributed by atoms with Gasteiger partial charge in [-0.25, -0.2) is 0 Å². The molecule has 0 heterocycles. The molecule has 0 aliphatic heterocycles. The van der Waals surface area contributed by atoms with Crippen molar-refractivity contribution in [2.24, 2.45) is 0 Å². The maximum absolute atomic E-state index is 11.8. The molecule has 0 amide bonds. The molecule has 1 rings (SSSR count). The smallest absolute Gasteiger partial charge is 0.178 e. The third-order valence-corrected chi connectivity index (χ3v) is 4.44. The van der Waals surface area contributed by atoms with Crippen LogP contribution in [0.2, 0.25) is 5.02 Å². The van der Waals surface area contributed by atoms with Crippen molar-refractivity contribution in [1.82, 2.24) is 0 Å². The average molecular weight is 356 g/mol. The number of methoxy groups -OCH3 is 1. The highest BCUT2D eigenvalue weighted by Gasteiger charge is 2.18. The molecule has 1 aromatic carbocycles. The summed E-state index contributed by atoms with van der Waals surface area (Å²) in [4.78, 5) is 11.6. The Morgan fingerprint density at radius 2 is 2.27 bits per heavy atom. The molecule has 82 valence electrons. The van der Waals surface area contributed by atoms with Gasteiger partial charge in [-0.15, -0.1) is 0 Å². The van der Waals surface area contributed by atoms with Gasteiger partial charge < -0.3 is 4.74 Å². The maximum Gasteiger partial charge on any atom is 0.178 e. The number of ether oxygens (including phenoxy) is 1. The molecule has 0 aromatic heterocycles. The van der Waals surface area contributed by atoms with Gasteiger partial charge >= 0.3 is 0 Å². The van der Waals surface area contributed by atoms with E-state index in [9.17, 15) is 4.79 Å². The second-order valence-corrected chi connectivity index (χ2v) is 4.99. The molecule has 0 spiro atoms. The van der Waals surface area contributed by atoms with Crippen LogP contribution in [0.3, 0.4) is 0 Å². The largest absolute Gasteiger partial charge is 0.497 e. The van der Waals surface area contributed by atoms with E-state index in [2.05, 4.69) is 31.9 Å². The minimum Gasteiger partial charge on any atom is -0.497 e. The molecule has 0 saturated heterocycles. The van der Waals surface area contributed by atoms with Crippen molar-refractivity contribution >= 4 is 49.2 Å². The number of Topliss-reactive ketones (excluding diaryl/α,β-unsaturated/α-hetero) is 1. The predicted octanol–water partition coefficient (Wildman–Crippen LogP) is 3.69. The van der Waals surface area contributed by atoms with Crippen molar-refractivity contribution in [2.75, 3.05) is 12.4 Å². The van der Waals surface area contributed by atoms with Crippen LogP contribution < -0.4 is 4.74 Å². The summed E-state index contributed by atoms with van der Waals surface area (Å²) in [6, 6.07) is 5.01. The lowest BCUT2D eigenvalue weighted by atomic mass is 10.1. The zero-order valence-corrected chi connectivity index (χ0v) is 11.9. The number of alkyl halides is 2. The van der Waals surface area contributed by atoms with Crippen molar-refractivity contribution < 1.29 is 9.53 Å². The van der Waals surface area contributed by atoms with Gasteiger partial charge in [0, 0.05) is 10.9 Å².